The van der Waals surface area contributed by atoms with Gasteiger partial charge in [-0.3, -0.25) is 5.32 Å². The van der Waals surface area contributed by atoms with Gasteiger partial charge in [-0.25, -0.2) is 14.6 Å². The molecule has 2 aromatic rings. The molecule has 2 rings (SSSR count). The predicted octanol–water partition coefficient (Wildman–Crippen LogP) is 1.95. The highest BCUT2D eigenvalue weighted by Crippen LogP contribution is 2.10. The van der Waals surface area contributed by atoms with Gasteiger partial charge in [-0.1, -0.05) is 30.3 Å². The van der Waals surface area contributed by atoms with Crippen LogP contribution in [-0.2, 0) is 11.2 Å². The first-order valence-electron chi connectivity index (χ1n) is 7.00. The molecule has 0 saturated carbocycles. The lowest BCUT2D eigenvalue weighted by molar-refractivity contribution is 0.0521. The lowest BCUT2D eigenvalue weighted by Crippen LogP contribution is -2.31. The van der Waals surface area contributed by atoms with Gasteiger partial charge in [0, 0.05) is 6.54 Å². The van der Waals surface area contributed by atoms with Gasteiger partial charge < -0.3 is 15.0 Å². The van der Waals surface area contributed by atoms with Crippen LogP contribution < -0.4 is 10.6 Å². The Hall–Kier alpha value is -2.83. The third kappa shape index (κ3) is 4.34. The summed E-state index contributed by atoms with van der Waals surface area (Å²) in [5, 5.41) is 5.23. The molecule has 116 valence electrons. The van der Waals surface area contributed by atoms with Crippen LogP contribution in [-0.4, -0.2) is 35.1 Å². The highest BCUT2D eigenvalue weighted by atomic mass is 16.5. The summed E-state index contributed by atoms with van der Waals surface area (Å²) in [6, 6.07) is 9.40. The van der Waals surface area contributed by atoms with E-state index in [2.05, 4.69) is 20.6 Å². The maximum atomic E-state index is 11.8. The summed E-state index contributed by atoms with van der Waals surface area (Å²) in [7, 11) is 0. The Balaban J connectivity index is 1.82. The predicted molar refractivity (Wildman–Crippen MR) is 81.7 cm³/mol. The number of aromatic amines is 1. The normalized spacial score (nSPS) is 10.0. The van der Waals surface area contributed by atoms with E-state index < -0.39 is 12.0 Å². The van der Waals surface area contributed by atoms with Gasteiger partial charge in [0.15, 0.2) is 11.5 Å². The van der Waals surface area contributed by atoms with E-state index in [1.807, 2.05) is 30.3 Å². The van der Waals surface area contributed by atoms with Crippen LogP contribution in [0.3, 0.4) is 0 Å². The number of carbonyl (C=O) groups is 2. The van der Waals surface area contributed by atoms with Crippen molar-refractivity contribution >= 4 is 17.8 Å². The first-order chi connectivity index (χ1) is 10.7. The van der Waals surface area contributed by atoms with Crippen molar-refractivity contribution in [3.8, 4) is 0 Å². The third-order valence-corrected chi connectivity index (χ3v) is 2.89. The van der Waals surface area contributed by atoms with Gasteiger partial charge in [0.2, 0.25) is 0 Å². The molecule has 0 atom stereocenters. The number of hydrogen-bond acceptors (Lipinski definition) is 4. The Labute approximate surface area is 128 Å². The fourth-order valence-electron chi connectivity index (χ4n) is 1.86. The van der Waals surface area contributed by atoms with E-state index in [9.17, 15) is 9.59 Å². The summed E-state index contributed by atoms with van der Waals surface area (Å²) < 4.78 is 4.87. The maximum Gasteiger partial charge on any atom is 0.358 e. The van der Waals surface area contributed by atoms with E-state index >= 15 is 0 Å². The minimum absolute atomic E-state index is 0.125. The SMILES string of the molecule is CCOC(=O)c1[nH]cnc1NC(=O)NCCc1ccccc1. The Kier molecular flexibility index (Phi) is 5.53. The lowest BCUT2D eigenvalue weighted by Gasteiger charge is -2.07. The molecular weight excluding hydrogens is 284 g/mol. The maximum absolute atomic E-state index is 11.8. The van der Waals surface area contributed by atoms with Crippen LogP contribution in [0.5, 0.6) is 0 Å². The molecule has 1 aromatic heterocycles. The number of esters is 1. The van der Waals surface area contributed by atoms with Crippen molar-refractivity contribution in [3.05, 3.63) is 47.9 Å². The second-order valence-corrected chi connectivity index (χ2v) is 4.46. The Morgan fingerprint density at radius 3 is 2.77 bits per heavy atom. The molecule has 0 fully saturated rings. The standard InChI is InChI=1S/C15H18N4O3/c1-2-22-14(20)12-13(18-10-17-12)19-15(21)16-9-8-11-6-4-3-5-7-11/h3-7,10H,2,8-9H2,1H3,(H,17,18)(H2,16,19,21). The summed E-state index contributed by atoms with van der Waals surface area (Å²) in [5.74, 6) is -0.407. The van der Waals surface area contributed by atoms with E-state index in [-0.39, 0.29) is 18.1 Å². The number of anilines is 1. The molecule has 1 heterocycles. The number of nitrogens with one attached hydrogen (secondary N) is 3. The summed E-state index contributed by atoms with van der Waals surface area (Å²) >= 11 is 0. The zero-order valence-corrected chi connectivity index (χ0v) is 12.3. The molecule has 0 aliphatic carbocycles. The molecule has 0 aliphatic heterocycles. The number of ether oxygens (including phenoxy) is 1. The van der Waals surface area contributed by atoms with Gasteiger partial charge in [-0.15, -0.1) is 0 Å². The summed E-state index contributed by atoms with van der Waals surface area (Å²) in [6.45, 7) is 2.44. The van der Waals surface area contributed by atoms with Crippen molar-refractivity contribution in [1.82, 2.24) is 15.3 Å². The number of H-pyrrole nitrogens is 1. The average molecular weight is 302 g/mol. The minimum atomic E-state index is -0.556. The van der Waals surface area contributed by atoms with Crippen LogP contribution in [0.1, 0.15) is 23.0 Å². The fourth-order valence-corrected chi connectivity index (χ4v) is 1.86. The van der Waals surface area contributed by atoms with E-state index in [1.165, 1.54) is 6.33 Å². The molecule has 22 heavy (non-hydrogen) atoms. The number of urea groups is 1. The highest BCUT2D eigenvalue weighted by Gasteiger charge is 2.17. The Morgan fingerprint density at radius 1 is 1.27 bits per heavy atom. The quantitative estimate of drug-likeness (QED) is 0.711. The molecule has 0 radical (unpaired) electrons. The molecule has 0 bridgehead atoms. The van der Waals surface area contributed by atoms with Gasteiger partial charge >= 0.3 is 12.0 Å². The number of benzene rings is 1. The van der Waals surface area contributed by atoms with Crippen molar-refractivity contribution in [3.63, 3.8) is 0 Å². The van der Waals surface area contributed by atoms with Gasteiger partial charge in [0.05, 0.1) is 12.9 Å². The second-order valence-electron chi connectivity index (χ2n) is 4.46. The summed E-state index contributed by atoms with van der Waals surface area (Å²) in [5.41, 5.74) is 1.26. The largest absolute Gasteiger partial charge is 0.461 e. The van der Waals surface area contributed by atoms with Crippen molar-refractivity contribution in [1.29, 1.82) is 0 Å². The van der Waals surface area contributed by atoms with E-state index in [1.54, 1.807) is 6.92 Å². The van der Waals surface area contributed by atoms with Gasteiger partial charge in [-0.05, 0) is 18.9 Å². The first-order valence-corrected chi connectivity index (χ1v) is 7.00. The molecule has 0 aliphatic rings. The minimum Gasteiger partial charge on any atom is -0.461 e. The molecule has 7 nitrogen and oxygen atoms in total. The van der Waals surface area contributed by atoms with Crippen molar-refractivity contribution < 1.29 is 14.3 Å². The number of amides is 2. The van der Waals surface area contributed by atoms with E-state index in [4.69, 9.17) is 4.74 Å². The Bertz CT molecular complexity index is 625. The molecule has 0 unspecified atom stereocenters. The molecular formula is C15H18N4O3. The zero-order chi connectivity index (χ0) is 15.8. The molecule has 3 N–H and O–H groups in total. The number of rotatable bonds is 6. The Morgan fingerprint density at radius 2 is 2.05 bits per heavy atom. The molecule has 0 spiro atoms. The summed E-state index contributed by atoms with van der Waals surface area (Å²) in [4.78, 5) is 30.0. The number of carbonyl (C=O) groups excluding carboxylic acids is 2. The van der Waals surface area contributed by atoms with Crippen molar-refractivity contribution in [2.24, 2.45) is 0 Å². The lowest BCUT2D eigenvalue weighted by atomic mass is 10.1. The number of aromatic nitrogens is 2. The van der Waals surface area contributed by atoms with Crippen molar-refractivity contribution in [2.75, 3.05) is 18.5 Å². The topological polar surface area (TPSA) is 96.1 Å². The van der Waals surface area contributed by atoms with Crippen LogP contribution >= 0.6 is 0 Å². The molecule has 2 amide bonds. The van der Waals surface area contributed by atoms with Crippen molar-refractivity contribution in [2.45, 2.75) is 13.3 Å². The number of hydrogen-bond donors (Lipinski definition) is 3. The van der Waals surface area contributed by atoms with Crippen LogP contribution in [0, 0.1) is 0 Å². The second kappa shape index (κ2) is 7.82. The summed E-state index contributed by atoms with van der Waals surface area (Å²) in [6.07, 6.45) is 2.05. The van der Waals surface area contributed by atoms with Gasteiger partial charge in [-0.2, -0.15) is 0 Å². The van der Waals surface area contributed by atoms with Gasteiger partial charge in [0.1, 0.15) is 0 Å². The first kappa shape index (κ1) is 15.6. The molecule has 0 saturated heterocycles. The van der Waals surface area contributed by atoms with Crippen LogP contribution in [0.4, 0.5) is 10.6 Å². The fraction of sp³-hybridized carbons (Fsp3) is 0.267. The average Bonchev–Trinajstić information content (AvgIpc) is 2.97. The monoisotopic (exact) mass is 302 g/mol. The van der Waals surface area contributed by atoms with Crippen LogP contribution in [0.15, 0.2) is 36.7 Å². The molecule has 7 heteroatoms. The number of imidazole rings is 1. The van der Waals surface area contributed by atoms with Gasteiger partial charge in [0.25, 0.3) is 0 Å². The van der Waals surface area contributed by atoms with E-state index in [0.717, 1.165) is 12.0 Å². The zero-order valence-electron chi connectivity index (χ0n) is 12.3. The smallest absolute Gasteiger partial charge is 0.358 e. The van der Waals surface area contributed by atoms with Crippen LogP contribution in [0.25, 0.3) is 0 Å². The van der Waals surface area contributed by atoms with E-state index in [0.29, 0.717) is 6.54 Å². The van der Waals surface area contributed by atoms with Crippen LogP contribution in [0.2, 0.25) is 0 Å². The third-order valence-electron chi connectivity index (χ3n) is 2.89. The number of nitrogens with zero attached hydrogens (tertiary/aromatic N) is 1. The molecule has 1 aromatic carbocycles. The highest BCUT2D eigenvalue weighted by molar-refractivity contribution is 5.98.